The molecular formula is C12H13F2N3O2S. The molecule has 2 rings (SSSR count). The van der Waals surface area contributed by atoms with E-state index in [1.165, 1.54) is 4.90 Å². The summed E-state index contributed by atoms with van der Waals surface area (Å²) in [7, 11) is 0. The Kier molecular flexibility index (Phi) is 4.46. The fraction of sp³-hybridized carbons (Fsp3) is 0.333. The van der Waals surface area contributed by atoms with Crippen molar-refractivity contribution in [3.05, 3.63) is 29.8 Å². The molecule has 1 aromatic carbocycles. The monoisotopic (exact) mass is 301 g/mol. The summed E-state index contributed by atoms with van der Waals surface area (Å²) in [5, 5.41) is 2.37. The minimum Gasteiger partial charge on any atom is -0.391 e. The van der Waals surface area contributed by atoms with E-state index in [4.69, 9.17) is 22.7 Å². The molecule has 5 nitrogen and oxygen atoms in total. The van der Waals surface area contributed by atoms with Gasteiger partial charge in [-0.2, -0.15) is 0 Å². The first-order chi connectivity index (χ1) is 9.47. The smallest absolute Gasteiger partial charge is 0.322 e. The number of morpholine rings is 1. The molecule has 1 atom stereocenters. The van der Waals surface area contributed by atoms with Crippen molar-refractivity contribution in [2.24, 2.45) is 5.73 Å². The van der Waals surface area contributed by atoms with Gasteiger partial charge >= 0.3 is 6.03 Å². The normalized spacial score (nSPS) is 18.7. The van der Waals surface area contributed by atoms with Crippen LogP contribution >= 0.6 is 12.2 Å². The second-order valence-corrected chi connectivity index (χ2v) is 4.73. The molecule has 108 valence electrons. The minimum atomic E-state index is -0.836. The third-order valence-electron chi connectivity index (χ3n) is 2.84. The van der Waals surface area contributed by atoms with Gasteiger partial charge < -0.3 is 20.7 Å². The maximum atomic E-state index is 13.4. The molecule has 1 saturated heterocycles. The van der Waals surface area contributed by atoms with Gasteiger partial charge in [-0.25, -0.2) is 13.6 Å². The van der Waals surface area contributed by atoms with E-state index in [9.17, 15) is 13.6 Å². The van der Waals surface area contributed by atoms with Crippen LogP contribution in [-0.2, 0) is 4.74 Å². The topological polar surface area (TPSA) is 67.6 Å². The Morgan fingerprint density at radius 2 is 2.25 bits per heavy atom. The van der Waals surface area contributed by atoms with Crippen molar-refractivity contribution < 1.29 is 18.3 Å². The largest absolute Gasteiger partial charge is 0.391 e. The van der Waals surface area contributed by atoms with Crippen LogP contribution in [0.3, 0.4) is 0 Å². The van der Waals surface area contributed by atoms with Gasteiger partial charge in [-0.15, -0.1) is 0 Å². The number of carbonyl (C=O) groups is 1. The molecule has 1 aromatic rings. The number of thiocarbonyl (C=S) groups is 1. The average Bonchev–Trinajstić information content (AvgIpc) is 2.42. The van der Waals surface area contributed by atoms with Crippen LogP contribution in [0.25, 0.3) is 0 Å². The number of amides is 2. The van der Waals surface area contributed by atoms with Crippen LogP contribution in [0.2, 0.25) is 0 Å². The number of nitrogens with zero attached hydrogens (tertiary/aromatic N) is 1. The molecule has 0 saturated carbocycles. The van der Waals surface area contributed by atoms with E-state index < -0.39 is 23.8 Å². The number of halogens is 2. The molecule has 2 amide bonds. The van der Waals surface area contributed by atoms with Gasteiger partial charge in [0.15, 0.2) is 0 Å². The Labute approximate surface area is 119 Å². The Hall–Kier alpha value is -1.80. The fourth-order valence-electron chi connectivity index (χ4n) is 1.79. The molecule has 1 fully saturated rings. The lowest BCUT2D eigenvalue weighted by Crippen LogP contribution is -2.51. The van der Waals surface area contributed by atoms with E-state index in [-0.39, 0.29) is 17.2 Å². The number of anilines is 1. The molecule has 1 unspecified atom stereocenters. The Bertz CT molecular complexity index is 541. The molecule has 0 bridgehead atoms. The zero-order chi connectivity index (χ0) is 14.7. The maximum Gasteiger partial charge on any atom is 0.322 e. The number of nitrogens with two attached hydrogens (primary N) is 1. The quantitative estimate of drug-likeness (QED) is 0.812. The van der Waals surface area contributed by atoms with Crippen LogP contribution in [0.5, 0.6) is 0 Å². The Balaban J connectivity index is 2.02. The van der Waals surface area contributed by atoms with Crippen LogP contribution < -0.4 is 11.1 Å². The third kappa shape index (κ3) is 3.40. The lowest BCUT2D eigenvalue weighted by atomic mass is 10.2. The summed E-state index contributed by atoms with van der Waals surface area (Å²) in [6.45, 7) is 0.832. The number of rotatable bonds is 2. The number of benzene rings is 1. The molecule has 0 spiro atoms. The summed E-state index contributed by atoms with van der Waals surface area (Å²) in [6.07, 6.45) is -0.512. The number of nitrogens with one attached hydrogen (secondary N) is 1. The average molecular weight is 301 g/mol. The molecular weight excluding hydrogens is 288 g/mol. The zero-order valence-electron chi connectivity index (χ0n) is 10.4. The van der Waals surface area contributed by atoms with Gasteiger partial charge in [0.05, 0.1) is 18.8 Å². The van der Waals surface area contributed by atoms with Crippen molar-refractivity contribution in [3.63, 3.8) is 0 Å². The highest BCUT2D eigenvalue weighted by molar-refractivity contribution is 7.80. The van der Waals surface area contributed by atoms with E-state index >= 15 is 0 Å². The summed E-state index contributed by atoms with van der Waals surface area (Å²) in [5.41, 5.74) is 5.38. The van der Waals surface area contributed by atoms with Crippen molar-refractivity contribution in [2.75, 3.05) is 25.0 Å². The van der Waals surface area contributed by atoms with Crippen LogP contribution in [0.15, 0.2) is 18.2 Å². The van der Waals surface area contributed by atoms with Crippen molar-refractivity contribution >= 4 is 28.9 Å². The van der Waals surface area contributed by atoms with E-state index in [2.05, 4.69) is 5.32 Å². The standard InChI is InChI=1S/C12H13F2N3O2S/c13-7-1-2-9(8(14)5-7)16-12(18)17-3-4-19-10(6-17)11(15)20/h1-2,5,10H,3-4,6H2,(H2,15,20)(H,16,18). The minimum absolute atomic E-state index is 0.0882. The third-order valence-corrected chi connectivity index (χ3v) is 3.11. The van der Waals surface area contributed by atoms with E-state index in [0.29, 0.717) is 19.2 Å². The summed E-state index contributed by atoms with van der Waals surface area (Å²) in [4.78, 5) is 13.6. The predicted molar refractivity (Wildman–Crippen MR) is 73.5 cm³/mol. The first-order valence-corrected chi connectivity index (χ1v) is 6.30. The molecule has 1 heterocycles. The Morgan fingerprint density at radius 3 is 2.90 bits per heavy atom. The highest BCUT2D eigenvalue weighted by Crippen LogP contribution is 2.16. The maximum absolute atomic E-state index is 13.4. The van der Waals surface area contributed by atoms with Crippen LogP contribution in [0.1, 0.15) is 0 Å². The lowest BCUT2D eigenvalue weighted by Gasteiger charge is -2.32. The van der Waals surface area contributed by atoms with E-state index in [1.807, 2.05) is 0 Å². The highest BCUT2D eigenvalue weighted by Gasteiger charge is 2.26. The van der Waals surface area contributed by atoms with Gasteiger partial charge in [-0.3, -0.25) is 0 Å². The number of urea groups is 1. The van der Waals surface area contributed by atoms with Gasteiger partial charge in [0, 0.05) is 12.6 Å². The van der Waals surface area contributed by atoms with Crippen molar-refractivity contribution in [3.8, 4) is 0 Å². The summed E-state index contributed by atoms with van der Waals surface area (Å²) in [5.74, 6) is -1.54. The molecule has 20 heavy (non-hydrogen) atoms. The Morgan fingerprint density at radius 1 is 1.50 bits per heavy atom. The molecule has 0 radical (unpaired) electrons. The number of ether oxygens (including phenoxy) is 1. The van der Waals surface area contributed by atoms with Crippen LogP contribution in [0, 0.1) is 11.6 Å². The van der Waals surface area contributed by atoms with Crippen molar-refractivity contribution in [1.82, 2.24) is 4.90 Å². The van der Waals surface area contributed by atoms with Gasteiger partial charge in [0.2, 0.25) is 0 Å². The van der Waals surface area contributed by atoms with Crippen LogP contribution in [0.4, 0.5) is 19.3 Å². The first-order valence-electron chi connectivity index (χ1n) is 5.89. The highest BCUT2D eigenvalue weighted by atomic mass is 32.1. The van der Waals surface area contributed by atoms with Crippen LogP contribution in [-0.4, -0.2) is 41.7 Å². The SMILES string of the molecule is NC(=S)C1CN(C(=O)Nc2ccc(F)cc2F)CCO1. The molecule has 1 aliphatic rings. The molecule has 8 heteroatoms. The molecule has 1 aliphatic heterocycles. The first kappa shape index (κ1) is 14.6. The van der Waals surface area contributed by atoms with E-state index in [0.717, 1.165) is 12.1 Å². The summed E-state index contributed by atoms with van der Waals surface area (Å²) >= 11 is 4.81. The molecule has 3 N–H and O–H groups in total. The summed E-state index contributed by atoms with van der Waals surface area (Å²) in [6, 6.07) is 2.41. The van der Waals surface area contributed by atoms with Crippen molar-refractivity contribution in [2.45, 2.75) is 6.10 Å². The lowest BCUT2D eigenvalue weighted by molar-refractivity contribution is 0.0250. The van der Waals surface area contributed by atoms with Gasteiger partial charge in [-0.1, -0.05) is 12.2 Å². The zero-order valence-corrected chi connectivity index (χ0v) is 11.3. The molecule has 0 aromatic heterocycles. The number of hydrogen-bond acceptors (Lipinski definition) is 3. The summed E-state index contributed by atoms with van der Waals surface area (Å²) < 4.78 is 31.5. The molecule has 0 aliphatic carbocycles. The van der Waals surface area contributed by atoms with Crippen molar-refractivity contribution in [1.29, 1.82) is 0 Å². The van der Waals surface area contributed by atoms with Gasteiger partial charge in [0.25, 0.3) is 0 Å². The van der Waals surface area contributed by atoms with Gasteiger partial charge in [0.1, 0.15) is 22.7 Å². The fourth-order valence-corrected chi connectivity index (χ4v) is 1.93. The van der Waals surface area contributed by atoms with Gasteiger partial charge in [-0.05, 0) is 12.1 Å². The number of hydrogen-bond donors (Lipinski definition) is 2. The second-order valence-electron chi connectivity index (χ2n) is 4.26. The van der Waals surface area contributed by atoms with E-state index in [1.54, 1.807) is 0 Å². The number of carbonyl (C=O) groups excluding carboxylic acids is 1. The predicted octanol–water partition coefficient (Wildman–Crippen LogP) is 1.48. The second kappa shape index (κ2) is 6.10.